The number of hydrogen-bond acceptors (Lipinski definition) is 2. The Labute approximate surface area is 238 Å². The molecule has 0 aliphatic carbocycles. The summed E-state index contributed by atoms with van der Waals surface area (Å²) in [4.78, 5) is 4.23. The Morgan fingerprint density at radius 3 is 1.39 bits per heavy atom. The van der Waals surface area contributed by atoms with Crippen molar-refractivity contribution in [1.29, 1.82) is 0 Å². The van der Waals surface area contributed by atoms with Crippen LogP contribution in [0.4, 0.5) is 0 Å². The minimum Gasteiger partial charge on any atom is -0.234 e. The monoisotopic (exact) mass is 523 g/mol. The van der Waals surface area contributed by atoms with E-state index in [0.717, 1.165) is 16.9 Å². The van der Waals surface area contributed by atoms with Crippen LogP contribution in [-0.4, -0.2) is 14.6 Å². The molecule has 0 bridgehead atoms. The van der Waals surface area contributed by atoms with E-state index in [-0.39, 0.29) is 14.9 Å². The van der Waals surface area contributed by atoms with Crippen LogP contribution in [0.25, 0.3) is 5.65 Å². The van der Waals surface area contributed by atoms with Gasteiger partial charge in [0.2, 0.25) is 0 Å². The fourth-order valence-corrected chi connectivity index (χ4v) is 1.96. The molecule has 216 valence electrons. The van der Waals surface area contributed by atoms with Gasteiger partial charge in [0.15, 0.2) is 5.65 Å². The molecule has 0 N–H and O–H groups in total. The molecular weight excluding hydrogens is 462 g/mol. The van der Waals surface area contributed by atoms with Crippen molar-refractivity contribution >= 4 is 5.65 Å². The highest BCUT2D eigenvalue weighted by molar-refractivity contribution is 5.45. The topological polar surface area (TPSA) is 30.2 Å². The molecule has 0 fully saturated rings. The Morgan fingerprint density at radius 1 is 0.579 bits per heavy atom. The Morgan fingerprint density at radius 2 is 0.974 bits per heavy atom. The summed E-state index contributed by atoms with van der Waals surface area (Å²) < 4.78 is 1.73. The molecule has 0 aliphatic heterocycles. The number of imidazole rings is 1. The van der Waals surface area contributed by atoms with Gasteiger partial charge in [0, 0.05) is 11.8 Å². The molecule has 4 rings (SSSR count). The van der Waals surface area contributed by atoms with Gasteiger partial charge >= 0.3 is 0 Å². The van der Waals surface area contributed by atoms with Crippen LogP contribution in [0, 0.1) is 11.8 Å². The van der Waals surface area contributed by atoms with Crippen LogP contribution in [0.3, 0.4) is 0 Å². The fraction of sp³-hybridized carbons (Fsp3) is 0.429. The number of aromatic nitrogens is 3. The molecule has 2 heterocycles. The van der Waals surface area contributed by atoms with Crippen LogP contribution in [0.15, 0.2) is 91.3 Å². The minimum absolute atomic E-state index is 0. The van der Waals surface area contributed by atoms with Gasteiger partial charge in [-0.05, 0) is 30.2 Å². The molecule has 0 unspecified atom stereocenters. The van der Waals surface area contributed by atoms with E-state index in [4.69, 9.17) is 0 Å². The average molecular weight is 524 g/mol. The number of rotatable bonds is 0. The van der Waals surface area contributed by atoms with Crippen molar-refractivity contribution in [3.05, 3.63) is 103 Å². The van der Waals surface area contributed by atoms with E-state index in [1.165, 1.54) is 6.42 Å². The Hall–Kier alpha value is -3.38. The largest absolute Gasteiger partial charge is 0.234 e. The Bertz CT molecular complexity index is 908. The summed E-state index contributed by atoms with van der Waals surface area (Å²) in [6, 6.07) is 25.6. The van der Waals surface area contributed by atoms with Gasteiger partial charge in [-0.15, -0.1) is 0 Å². The van der Waals surface area contributed by atoms with Gasteiger partial charge in [0.05, 0.1) is 6.20 Å². The normalized spacial score (nSPS) is 6.95. The van der Waals surface area contributed by atoms with E-state index < -0.39 is 0 Å². The highest BCUT2D eigenvalue weighted by Gasteiger charge is 1.98. The van der Waals surface area contributed by atoms with Gasteiger partial charge in [-0.1, -0.05) is 165 Å². The van der Waals surface area contributed by atoms with Crippen molar-refractivity contribution in [2.75, 3.05) is 0 Å². The van der Waals surface area contributed by atoms with Gasteiger partial charge in [0.25, 0.3) is 0 Å². The van der Waals surface area contributed by atoms with E-state index in [1.807, 2.05) is 148 Å². The number of nitrogens with zero attached hydrogens (tertiary/aromatic N) is 3. The Balaban J connectivity index is -0.000000103. The first kappa shape index (κ1) is 47.8. The molecule has 3 heteroatoms. The maximum atomic E-state index is 4.23. The minimum atomic E-state index is 0. The zero-order valence-electron chi connectivity index (χ0n) is 25.2. The molecule has 0 saturated carbocycles. The number of hydrogen-bond donors (Lipinski definition) is 0. The standard InChI is InChI=1S/C14H9N3.C6H6.C3H8.5C2H6.2CH4/c1-2-5-12(6-3-1)8-9-13-11-15-14-7-4-10-16-17(13)14;1-2-4-6-5-3-1;1-3-2;5*1-2;;/h1-7,10-11H;1-6H;3H2,1-2H3;5*1-2H3;2*1H4. The predicted octanol–water partition coefficient (Wildman–Crippen LogP) is 11.6. The van der Waals surface area contributed by atoms with Crippen molar-refractivity contribution in [2.24, 2.45) is 0 Å². The first-order valence-corrected chi connectivity index (χ1v) is 13.7. The summed E-state index contributed by atoms with van der Waals surface area (Å²) >= 11 is 0. The summed E-state index contributed by atoms with van der Waals surface area (Å²) in [7, 11) is 0. The molecular formula is C35H61N3. The molecule has 0 saturated heterocycles. The summed E-state index contributed by atoms with van der Waals surface area (Å²) in [5.41, 5.74) is 2.59. The predicted molar refractivity (Wildman–Crippen MR) is 178 cm³/mol. The molecule has 0 aliphatic rings. The summed E-state index contributed by atoms with van der Waals surface area (Å²) in [5.74, 6) is 6.16. The quantitative estimate of drug-likeness (QED) is 0.214. The van der Waals surface area contributed by atoms with Gasteiger partial charge in [0.1, 0.15) is 5.69 Å². The Kier molecular flexibility index (Phi) is 54.9. The van der Waals surface area contributed by atoms with E-state index in [9.17, 15) is 0 Å². The van der Waals surface area contributed by atoms with Gasteiger partial charge in [-0.25, -0.2) is 9.50 Å². The van der Waals surface area contributed by atoms with E-state index >= 15 is 0 Å². The maximum absolute atomic E-state index is 4.23. The van der Waals surface area contributed by atoms with Crippen molar-refractivity contribution in [1.82, 2.24) is 14.6 Å². The van der Waals surface area contributed by atoms with Crippen LogP contribution >= 0.6 is 0 Å². The third-order valence-corrected chi connectivity index (χ3v) is 3.05. The summed E-state index contributed by atoms with van der Waals surface area (Å²) in [6.07, 6.45) is 4.71. The van der Waals surface area contributed by atoms with E-state index in [0.29, 0.717) is 0 Å². The lowest BCUT2D eigenvalue weighted by Crippen LogP contribution is -1.92. The second-order valence-corrected chi connectivity index (χ2v) is 5.41. The molecule has 2 aromatic heterocycles. The highest BCUT2D eigenvalue weighted by Crippen LogP contribution is 2.03. The van der Waals surface area contributed by atoms with Gasteiger partial charge in [-0.3, -0.25) is 0 Å². The van der Waals surface area contributed by atoms with Crippen molar-refractivity contribution in [3.63, 3.8) is 0 Å². The van der Waals surface area contributed by atoms with E-state index in [1.54, 1.807) is 16.9 Å². The molecule has 3 nitrogen and oxygen atoms in total. The second-order valence-electron chi connectivity index (χ2n) is 5.41. The second kappa shape index (κ2) is 43.7. The maximum Gasteiger partial charge on any atom is 0.154 e. The third-order valence-electron chi connectivity index (χ3n) is 3.05. The summed E-state index contributed by atoms with van der Waals surface area (Å²) in [5, 5.41) is 4.21. The van der Waals surface area contributed by atoms with Crippen molar-refractivity contribution in [3.8, 4) is 11.8 Å². The summed E-state index contributed by atoms with van der Waals surface area (Å²) in [6.45, 7) is 24.2. The molecule has 2 aromatic carbocycles. The van der Waals surface area contributed by atoms with Crippen molar-refractivity contribution in [2.45, 2.75) is 104 Å². The van der Waals surface area contributed by atoms with E-state index in [2.05, 4.69) is 35.8 Å². The van der Waals surface area contributed by atoms with Crippen molar-refractivity contribution < 1.29 is 0 Å². The number of fused-ring (bicyclic) bond motifs is 1. The molecule has 0 amide bonds. The SMILES string of the molecule is C.C.C(#Cc1cnc2cccnn12)c1ccccc1.CC.CC.CC.CC.CC.CCC.c1ccccc1. The van der Waals surface area contributed by atoms with Crippen LogP contribution in [-0.2, 0) is 0 Å². The van der Waals surface area contributed by atoms with Crippen LogP contribution in [0.2, 0.25) is 0 Å². The van der Waals surface area contributed by atoms with Crippen LogP contribution < -0.4 is 0 Å². The first-order valence-electron chi connectivity index (χ1n) is 13.7. The van der Waals surface area contributed by atoms with Crippen LogP contribution in [0.1, 0.15) is 116 Å². The average Bonchev–Trinajstić information content (AvgIpc) is 3.42. The fourth-order valence-electron chi connectivity index (χ4n) is 1.96. The lowest BCUT2D eigenvalue weighted by molar-refractivity contribution is 0.923. The first-order chi connectivity index (χ1) is 17.8. The molecule has 4 aromatic rings. The lowest BCUT2D eigenvalue weighted by Gasteiger charge is -1.91. The zero-order valence-corrected chi connectivity index (χ0v) is 25.2. The van der Waals surface area contributed by atoms with Gasteiger partial charge < -0.3 is 0 Å². The molecule has 0 spiro atoms. The van der Waals surface area contributed by atoms with Crippen LogP contribution in [0.5, 0.6) is 0 Å². The smallest absolute Gasteiger partial charge is 0.154 e. The van der Waals surface area contributed by atoms with Gasteiger partial charge in [-0.2, -0.15) is 5.10 Å². The lowest BCUT2D eigenvalue weighted by atomic mass is 10.2. The molecule has 0 atom stereocenters. The highest BCUT2D eigenvalue weighted by atomic mass is 15.2. The zero-order chi connectivity index (χ0) is 28.5. The molecule has 0 radical (unpaired) electrons. The molecule has 38 heavy (non-hydrogen) atoms. The number of benzene rings is 2. The third kappa shape index (κ3) is 25.7.